The zero-order chi connectivity index (χ0) is 23.5. The molecule has 0 radical (unpaired) electrons. The van der Waals surface area contributed by atoms with Gasteiger partial charge in [-0.15, -0.1) is 0 Å². The second-order valence-electron chi connectivity index (χ2n) is 9.30. The van der Waals surface area contributed by atoms with Gasteiger partial charge < -0.3 is 21.5 Å². The fraction of sp³-hybridized carbons (Fsp3) is 0.321. The Hall–Kier alpha value is -3.31. The highest BCUT2D eigenvalue weighted by atomic mass is 16.3. The molecule has 0 spiro atoms. The molecule has 0 bridgehead atoms. The first-order chi connectivity index (χ1) is 15.8. The van der Waals surface area contributed by atoms with Crippen molar-refractivity contribution in [3.63, 3.8) is 0 Å². The Morgan fingerprint density at radius 1 is 1.09 bits per heavy atom. The number of carbonyl (C=O) groups excluding carboxylic acids is 1. The number of anilines is 1. The van der Waals surface area contributed by atoms with E-state index in [0.29, 0.717) is 6.42 Å². The highest BCUT2D eigenvalue weighted by Crippen LogP contribution is 2.34. The topological polar surface area (TPSA) is 87.4 Å². The van der Waals surface area contributed by atoms with Gasteiger partial charge in [-0.2, -0.15) is 0 Å². The van der Waals surface area contributed by atoms with Crippen LogP contribution in [0.1, 0.15) is 46.3 Å². The zero-order valence-electron chi connectivity index (χ0n) is 19.6. The van der Waals surface area contributed by atoms with Crippen LogP contribution in [0.3, 0.4) is 0 Å². The predicted molar refractivity (Wildman–Crippen MR) is 133 cm³/mol. The van der Waals surface area contributed by atoms with E-state index < -0.39 is 6.04 Å². The van der Waals surface area contributed by atoms with E-state index in [2.05, 4.69) is 60.0 Å². The van der Waals surface area contributed by atoms with Gasteiger partial charge in [0.1, 0.15) is 5.75 Å². The van der Waals surface area contributed by atoms with E-state index in [1.54, 1.807) is 12.1 Å². The molecule has 0 saturated heterocycles. The number of carbonyl (C=O) groups is 1. The Morgan fingerprint density at radius 2 is 1.79 bits per heavy atom. The molecule has 5 heteroatoms. The molecule has 3 atom stereocenters. The molecule has 1 heterocycles. The van der Waals surface area contributed by atoms with Gasteiger partial charge in [-0.1, -0.05) is 49.4 Å². The van der Waals surface area contributed by atoms with Gasteiger partial charge in [0, 0.05) is 12.2 Å². The van der Waals surface area contributed by atoms with Crippen molar-refractivity contribution in [3.05, 3.63) is 94.0 Å². The standard InChI is InChI=1S/C28H33N3O2/c1-17-11-22(32)12-18(2)23(17)15-25(29)28(33)31-27-19(3)16-30-26-10-9-21(14-24(26)27)13-20-7-5-4-6-8-20/h4-12,14,19,25,27,30,32H,13,15-16,29H2,1-3H3,(H,31,33)/t19-,25-,27+/m0/s1. The van der Waals surface area contributed by atoms with E-state index in [4.69, 9.17) is 5.73 Å². The van der Waals surface area contributed by atoms with E-state index in [1.807, 2.05) is 19.9 Å². The maximum atomic E-state index is 13.1. The molecule has 3 aromatic rings. The van der Waals surface area contributed by atoms with Gasteiger partial charge in [0.2, 0.25) is 5.91 Å². The number of phenols is 1. The minimum atomic E-state index is -0.662. The summed E-state index contributed by atoms with van der Waals surface area (Å²) in [5, 5.41) is 16.5. The molecule has 33 heavy (non-hydrogen) atoms. The number of hydrogen-bond acceptors (Lipinski definition) is 4. The van der Waals surface area contributed by atoms with E-state index in [9.17, 15) is 9.90 Å². The number of hydrogen-bond donors (Lipinski definition) is 4. The zero-order valence-corrected chi connectivity index (χ0v) is 19.6. The lowest BCUT2D eigenvalue weighted by Crippen LogP contribution is -2.47. The van der Waals surface area contributed by atoms with Crippen molar-refractivity contribution in [3.8, 4) is 5.75 Å². The Balaban J connectivity index is 1.52. The Morgan fingerprint density at radius 3 is 2.48 bits per heavy atom. The van der Waals surface area contributed by atoms with Crippen molar-refractivity contribution in [1.29, 1.82) is 0 Å². The summed E-state index contributed by atoms with van der Waals surface area (Å²) < 4.78 is 0. The maximum absolute atomic E-state index is 13.1. The average molecular weight is 444 g/mol. The summed E-state index contributed by atoms with van der Waals surface area (Å²) in [5.74, 6) is 0.316. The molecule has 0 fully saturated rings. The van der Waals surface area contributed by atoms with Gasteiger partial charge in [0.25, 0.3) is 0 Å². The van der Waals surface area contributed by atoms with Crippen molar-refractivity contribution < 1.29 is 9.90 Å². The number of rotatable bonds is 6. The molecule has 0 saturated carbocycles. The summed E-state index contributed by atoms with van der Waals surface area (Å²) in [7, 11) is 0. The van der Waals surface area contributed by atoms with Crippen LogP contribution in [-0.2, 0) is 17.6 Å². The lowest BCUT2D eigenvalue weighted by atomic mass is 9.87. The third-order valence-corrected chi connectivity index (χ3v) is 6.62. The molecule has 172 valence electrons. The molecule has 0 unspecified atom stereocenters. The second-order valence-corrected chi connectivity index (χ2v) is 9.30. The average Bonchev–Trinajstić information content (AvgIpc) is 2.78. The van der Waals surface area contributed by atoms with Crippen molar-refractivity contribution in [2.75, 3.05) is 11.9 Å². The van der Waals surface area contributed by atoms with Gasteiger partial charge in [-0.25, -0.2) is 0 Å². The van der Waals surface area contributed by atoms with E-state index in [-0.39, 0.29) is 23.6 Å². The fourth-order valence-corrected chi connectivity index (χ4v) is 4.75. The first-order valence-electron chi connectivity index (χ1n) is 11.6. The summed E-state index contributed by atoms with van der Waals surface area (Å²) >= 11 is 0. The highest BCUT2D eigenvalue weighted by molar-refractivity contribution is 5.83. The van der Waals surface area contributed by atoms with Crippen LogP contribution >= 0.6 is 0 Å². The molecule has 0 aliphatic carbocycles. The molecule has 1 aliphatic rings. The van der Waals surface area contributed by atoms with Gasteiger partial charge in [0.05, 0.1) is 12.1 Å². The lowest BCUT2D eigenvalue weighted by Gasteiger charge is -2.34. The molecular weight excluding hydrogens is 410 g/mol. The van der Waals surface area contributed by atoms with Crippen LogP contribution < -0.4 is 16.4 Å². The molecule has 3 aromatic carbocycles. The molecule has 5 N–H and O–H groups in total. The number of phenolic OH excluding ortho intramolecular Hbond substituents is 1. The van der Waals surface area contributed by atoms with E-state index >= 15 is 0 Å². The van der Waals surface area contributed by atoms with Gasteiger partial charge >= 0.3 is 0 Å². The van der Waals surface area contributed by atoms with Crippen LogP contribution in [0.25, 0.3) is 0 Å². The van der Waals surface area contributed by atoms with Crippen LogP contribution in [0.15, 0.2) is 60.7 Å². The summed E-state index contributed by atoms with van der Waals surface area (Å²) in [6, 6.07) is 19.5. The fourth-order valence-electron chi connectivity index (χ4n) is 4.75. The van der Waals surface area contributed by atoms with Crippen molar-refractivity contribution in [2.45, 2.75) is 45.7 Å². The van der Waals surface area contributed by atoms with E-state index in [1.165, 1.54) is 11.1 Å². The normalized spacial score (nSPS) is 18.2. The monoisotopic (exact) mass is 443 g/mol. The number of amides is 1. The minimum Gasteiger partial charge on any atom is -0.508 e. The predicted octanol–water partition coefficient (Wildman–Crippen LogP) is 4.39. The third-order valence-electron chi connectivity index (χ3n) is 6.62. The van der Waals surface area contributed by atoms with E-state index in [0.717, 1.165) is 40.9 Å². The summed E-state index contributed by atoms with van der Waals surface area (Å²) in [5.41, 5.74) is 13.9. The molecular formula is C28H33N3O2. The van der Waals surface area contributed by atoms with Crippen LogP contribution in [0.2, 0.25) is 0 Å². The molecule has 4 rings (SSSR count). The summed E-state index contributed by atoms with van der Waals surface area (Å²) in [6.07, 6.45) is 1.28. The Bertz CT molecular complexity index is 1120. The highest BCUT2D eigenvalue weighted by Gasteiger charge is 2.30. The van der Waals surface area contributed by atoms with Crippen LogP contribution in [0.5, 0.6) is 5.75 Å². The van der Waals surface area contributed by atoms with Crippen molar-refractivity contribution in [1.82, 2.24) is 5.32 Å². The number of nitrogens with two attached hydrogens (primary N) is 1. The molecule has 0 aromatic heterocycles. The van der Waals surface area contributed by atoms with Crippen molar-refractivity contribution >= 4 is 11.6 Å². The summed E-state index contributed by atoms with van der Waals surface area (Å²) in [4.78, 5) is 13.1. The number of nitrogens with one attached hydrogen (secondary N) is 2. The van der Waals surface area contributed by atoms with Crippen LogP contribution in [0.4, 0.5) is 5.69 Å². The number of benzene rings is 3. The number of aryl methyl sites for hydroxylation is 2. The SMILES string of the molecule is Cc1cc(O)cc(C)c1C[C@H](N)C(=O)N[C@H]1c2cc(Cc3ccccc3)ccc2NC[C@@H]1C. The van der Waals surface area contributed by atoms with Gasteiger partial charge in [-0.3, -0.25) is 4.79 Å². The van der Waals surface area contributed by atoms with Gasteiger partial charge in [-0.05, 0) is 84.2 Å². The number of aromatic hydroxyl groups is 1. The van der Waals surface area contributed by atoms with Crippen molar-refractivity contribution in [2.24, 2.45) is 11.7 Å². The Labute approximate surface area is 196 Å². The molecule has 1 amide bonds. The third kappa shape index (κ3) is 5.20. The Kier molecular flexibility index (Phi) is 6.70. The van der Waals surface area contributed by atoms with Gasteiger partial charge in [0.15, 0.2) is 0 Å². The minimum absolute atomic E-state index is 0.0995. The summed E-state index contributed by atoms with van der Waals surface area (Å²) in [6.45, 7) is 6.81. The largest absolute Gasteiger partial charge is 0.508 e. The molecule has 1 aliphatic heterocycles. The number of fused-ring (bicyclic) bond motifs is 1. The maximum Gasteiger partial charge on any atom is 0.237 e. The molecule has 5 nitrogen and oxygen atoms in total. The second kappa shape index (κ2) is 9.67. The first-order valence-corrected chi connectivity index (χ1v) is 11.6. The smallest absolute Gasteiger partial charge is 0.237 e. The van der Waals surface area contributed by atoms with Crippen LogP contribution in [0, 0.1) is 19.8 Å². The first kappa shape index (κ1) is 22.9. The van der Waals surface area contributed by atoms with Crippen LogP contribution in [-0.4, -0.2) is 23.6 Å². The quantitative estimate of drug-likeness (QED) is 0.455. The lowest BCUT2D eigenvalue weighted by molar-refractivity contribution is -0.123.